The number of hydrogen-bond acceptors (Lipinski definition) is 4. The van der Waals surface area contributed by atoms with E-state index >= 15 is 0 Å². The SMILES string of the molecule is CCCOC(=O)c1c(NC(=O)c2ccccc2Cl)sc2c1CCCC2. The Balaban J connectivity index is 1.92. The fourth-order valence-corrected chi connectivity index (χ4v) is 4.45. The summed E-state index contributed by atoms with van der Waals surface area (Å²) in [5.74, 6) is -0.663. The zero-order valence-corrected chi connectivity index (χ0v) is 15.6. The van der Waals surface area contributed by atoms with E-state index in [-0.39, 0.29) is 11.9 Å². The van der Waals surface area contributed by atoms with E-state index in [2.05, 4.69) is 5.32 Å². The van der Waals surface area contributed by atoms with Crippen molar-refractivity contribution in [2.75, 3.05) is 11.9 Å². The predicted octanol–water partition coefficient (Wildman–Crippen LogP) is 5.10. The molecular weight excluding hydrogens is 358 g/mol. The van der Waals surface area contributed by atoms with Gasteiger partial charge >= 0.3 is 5.97 Å². The monoisotopic (exact) mass is 377 g/mol. The molecule has 25 heavy (non-hydrogen) atoms. The standard InChI is InChI=1S/C19H20ClNO3S/c1-2-11-24-19(23)16-13-8-4-6-10-15(13)25-18(16)21-17(22)12-7-3-5-9-14(12)20/h3,5,7,9H,2,4,6,8,10-11H2,1H3,(H,21,22). The van der Waals surface area contributed by atoms with Crippen LogP contribution in [0.3, 0.4) is 0 Å². The Kier molecular flexibility index (Phi) is 5.76. The molecule has 1 aromatic carbocycles. The Labute approximate surface area is 156 Å². The topological polar surface area (TPSA) is 55.4 Å². The molecule has 1 heterocycles. The first-order chi connectivity index (χ1) is 12.1. The number of fused-ring (bicyclic) bond motifs is 1. The van der Waals surface area contributed by atoms with Crippen LogP contribution < -0.4 is 5.32 Å². The van der Waals surface area contributed by atoms with E-state index in [1.165, 1.54) is 16.2 Å². The van der Waals surface area contributed by atoms with Gasteiger partial charge in [0.05, 0.1) is 22.8 Å². The van der Waals surface area contributed by atoms with Crippen molar-refractivity contribution in [3.8, 4) is 0 Å². The van der Waals surface area contributed by atoms with Gasteiger partial charge in [-0.15, -0.1) is 11.3 Å². The van der Waals surface area contributed by atoms with Gasteiger partial charge in [0.2, 0.25) is 0 Å². The minimum atomic E-state index is -0.351. The molecule has 0 saturated carbocycles. The van der Waals surface area contributed by atoms with Crippen molar-refractivity contribution >= 4 is 39.8 Å². The van der Waals surface area contributed by atoms with Gasteiger partial charge in [0.1, 0.15) is 5.00 Å². The average molecular weight is 378 g/mol. The number of rotatable bonds is 5. The van der Waals surface area contributed by atoms with Gasteiger partial charge in [-0.25, -0.2) is 4.79 Å². The number of halogens is 1. The Hall–Kier alpha value is -1.85. The lowest BCUT2D eigenvalue weighted by Gasteiger charge is -2.12. The normalized spacial score (nSPS) is 13.2. The van der Waals surface area contributed by atoms with Gasteiger partial charge in [-0.3, -0.25) is 4.79 Å². The zero-order valence-electron chi connectivity index (χ0n) is 14.1. The van der Waals surface area contributed by atoms with Crippen LogP contribution in [-0.2, 0) is 17.6 Å². The number of esters is 1. The number of benzene rings is 1. The van der Waals surface area contributed by atoms with Crippen molar-refractivity contribution in [2.24, 2.45) is 0 Å². The summed E-state index contributed by atoms with van der Waals surface area (Å²) in [5.41, 5.74) is 1.95. The minimum Gasteiger partial charge on any atom is -0.462 e. The first-order valence-corrected chi connectivity index (χ1v) is 9.68. The third kappa shape index (κ3) is 3.88. The van der Waals surface area contributed by atoms with E-state index in [1.807, 2.05) is 6.92 Å². The van der Waals surface area contributed by atoms with Crippen LogP contribution in [0.1, 0.15) is 57.3 Å². The van der Waals surface area contributed by atoms with E-state index in [4.69, 9.17) is 16.3 Å². The Morgan fingerprint density at radius 1 is 1.24 bits per heavy atom. The van der Waals surface area contributed by atoms with Crippen LogP contribution >= 0.6 is 22.9 Å². The first kappa shape index (κ1) is 18.0. The number of aryl methyl sites for hydroxylation is 1. The molecule has 4 nitrogen and oxygen atoms in total. The van der Waals surface area contributed by atoms with Crippen molar-refractivity contribution in [1.29, 1.82) is 0 Å². The summed E-state index contributed by atoms with van der Waals surface area (Å²) in [6.45, 7) is 2.33. The molecule has 6 heteroatoms. The first-order valence-electron chi connectivity index (χ1n) is 8.49. The van der Waals surface area contributed by atoms with Crippen LogP contribution in [0.15, 0.2) is 24.3 Å². The second-order valence-corrected chi connectivity index (χ2v) is 7.50. The third-order valence-corrected chi connectivity index (χ3v) is 5.70. The van der Waals surface area contributed by atoms with Gasteiger partial charge in [-0.1, -0.05) is 30.7 Å². The van der Waals surface area contributed by atoms with E-state index in [0.717, 1.165) is 37.7 Å². The van der Waals surface area contributed by atoms with Gasteiger partial charge in [0.15, 0.2) is 0 Å². The third-order valence-electron chi connectivity index (χ3n) is 4.16. The predicted molar refractivity (Wildman–Crippen MR) is 101 cm³/mol. The van der Waals surface area contributed by atoms with Crippen molar-refractivity contribution in [1.82, 2.24) is 0 Å². The van der Waals surface area contributed by atoms with E-state index in [1.54, 1.807) is 24.3 Å². The number of thiophene rings is 1. The molecule has 0 atom stereocenters. The molecule has 132 valence electrons. The highest BCUT2D eigenvalue weighted by Gasteiger charge is 2.27. The Bertz CT molecular complexity index is 800. The lowest BCUT2D eigenvalue weighted by molar-refractivity contribution is 0.0505. The van der Waals surface area contributed by atoms with E-state index in [0.29, 0.717) is 27.8 Å². The number of carbonyl (C=O) groups excluding carboxylic acids is 2. The largest absolute Gasteiger partial charge is 0.462 e. The summed E-state index contributed by atoms with van der Waals surface area (Å²) < 4.78 is 5.34. The summed E-state index contributed by atoms with van der Waals surface area (Å²) in [5, 5.41) is 3.83. The van der Waals surface area contributed by atoms with Gasteiger partial charge in [0.25, 0.3) is 5.91 Å². The van der Waals surface area contributed by atoms with Crippen molar-refractivity contribution in [3.63, 3.8) is 0 Å². The Morgan fingerprint density at radius 3 is 2.76 bits per heavy atom. The number of anilines is 1. The number of carbonyl (C=O) groups is 2. The van der Waals surface area contributed by atoms with Crippen LogP contribution in [-0.4, -0.2) is 18.5 Å². The van der Waals surface area contributed by atoms with Gasteiger partial charge in [0, 0.05) is 4.88 Å². The summed E-state index contributed by atoms with van der Waals surface area (Å²) in [4.78, 5) is 26.3. The zero-order chi connectivity index (χ0) is 17.8. The highest BCUT2D eigenvalue weighted by Crippen LogP contribution is 2.39. The summed E-state index contributed by atoms with van der Waals surface area (Å²) >= 11 is 7.58. The van der Waals surface area contributed by atoms with Crippen LogP contribution in [0, 0.1) is 0 Å². The Morgan fingerprint density at radius 2 is 2.00 bits per heavy atom. The number of ether oxygens (including phenoxy) is 1. The lowest BCUT2D eigenvalue weighted by atomic mass is 9.95. The fourth-order valence-electron chi connectivity index (χ4n) is 2.95. The molecule has 0 saturated heterocycles. The maximum atomic E-state index is 12.6. The minimum absolute atomic E-state index is 0.311. The number of nitrogens with one attached hydrogen (secondary N) is 1. The molecule has 1 aliphatic rings. The molecule has 1 aromatic heterocycles. The highest BCUT2D eigenvalue weighted by molar-refractivity contribution is 7.17. The molecule has 3 rings (SSSR count). The molecule has 0 radical (unpaired) electrons. The lowest BCUT2D eigenvalue weighted by Crippen LogP contribution is -2.16. The van der Waals surface area contributed by atoms with E-state index < -0.39 is 0 Å². The number of amides is 1. The molecule has 1 N–H and O–H groups in total. The molecule has 0 unspecified atom stereocenters. The second-order valence-electron chi connectivity index (χ2n) is 5.98. The van der Waals surface area contributed by atoms with Gasteiger partial charge < -0.3 is 10.1 Å². The van der Waals surface area contributed by atoms with Crippen LogP contribution in [0.4, 0.5) is 5.00 Å². The smallest absolute Gasteiger partial charge is 0.341 e. The molecule has 0 spiro atoms. The molecule has 0 fully saturated rings. The summed E-state index contributed by atoms with van der Waals surface area (Å²) in [6, 6.07) is 6.87. The molecular formula is C19H20ClNO3S. The molecule has 2 aromatic rings. The van der Waals surface area contributed by atoms with Crippen LogP contribution in [0.25, 0.3) is 0 Å². The quantitative estimate of drug-likeness (QED) is 0.737. The summed E-state index contributed by atoms with van der Waals surface area (Å²) in [6.07, 6.45) is 4.71. The van der Waals surface area contributed by atoms with E-state index in [9.17, 15) is 9.59 Å². The maximum Gasteiger partial charge on any atom is 0.341 e. The molecule has 0 aliphatic heterocycles. The van der Waals surface area contributed by atoms with Crippen molar-refractivity contribution in [3.05, 3.63) is 50.9 Å². The van der Waals surface area contributed by atoms with Gasteiger partial charge in [-0.05, 0) is 49.8 Å². The molecule has 1 amide bonds. The molecule has 0 bridgehead atoms. The second kappa shape index (κ2) is 8.02. The number of hydrogen-bond donors (Lipinski definition) is 1. The van der Waals surface area contributed by atoms with Crippen molar-refractivity contribution in [2.45, 2.75) is 39.0 Å². The highest BCUT2D eigenvalue weighted by atomic mass is 35.5. The fraction of sp³-hybridized carbons (Fsp3) is 0.368. The van der Waals surface area contributed by atoms with Crippen LogP contribution in [0.5, 0.6) is 0 Å². The van der Waals surface area contributed by atoms with Crippen molar-refractivity contribution < 1.29 is 14.3 Å². The van der Waals surface area contributed by atoms with Crippen LogP contribution in [0.2, 0.25) is 5.02 Å². The molecule has 1 aliphatic carbocycles. The van der Waals surface area contributed by atoms with Gasteiger partial charge in [-0.2, -0.15) is 0 Å². The summed E-state index contributed by atoms with van der Waals surface area (Å²) in [7, 11) is 0. The maximum absolute atomic E-state index is 12.6. The average Bonchev–Trinajstić information content (AvgIpc) is 2.97.